The van der Waals surface area contributed by atoms with Gasteiger partial charge < -0.3 is 16.4 Å². The Labute approximate surface area is 132 Å². The van der Waals surface area contributed by atoms with E-state index in [1.165, 1.54) is 12.1 Å². The van der Waals surface area contributed by atoms with E-state index >= 15 is 0 Å². The van der Waals surface area contributed by atoms with Crippen LogP contribution in [0.5, 0.6) is 0 Å². The van der Waals surface area contributed by atoms with E-state index in [9.17, 15) is 19.2 Å². The van der Waals surface area contributed by atoms with Crippen molar-refractivity contribution in [2.24, 2.45) is 5.73 Å². The fourth-order valence-electron chi connectivity index (χ4n) is 2.25. The van der Waals surface area contributed by atoms with E-state index in [2.05, 4.69) is 16.0 Å². The maximum absolute atomic E-state index is 12.4. The Bertz CT molecular complexity index is 644. The minimum atomic E-state index is -0.791. The van der Waals surface area contributed by atoms with E-state index in [0.717, 1.165) is 0 Å². The van der Waals surface area contributed by atoms with Crippen molar-refractivity contribution >= 4 is 29.7 Å². The number of carbonyl (C=O) groups is 4. The van der Waals surface area contributed by atoms with Gasteiger partial charge in [0.2, 0.25) is 11.8 Å². The molecule has 1 aliphatic heterocycles. The van der Waals surface area contributed by atoms with Crippen LogP contribution >= 0.6 is 0 Å². The average molecular weight is 318 g/mol. The predicted octanol–water partition coefficient (Wildman–Crippen LogP) is -0.595. The summed E-state index contributed by atoms with van der Waals surface area (Å²) in [6.45, 7) is 0.946. The number of anilines is 1. The van der Waals surface area contributed by atoms with Crippen molar-refractivity contribution in [2.75, 3.05) is 18.4 Å². The van der Waals surface area contributed by atoms with Gasteiger partial charge in [-0.15, -0.1) is 0 Å². The molecule has 1 atom stereocenters. The van der Waals surface area contributed by atoms with Crippen molar-refractivity contribution < 1.29 is 19.2 Å². The lowest BCUT2D eigenvalue weighted by atomic mass is 10.0. The molecule has 5 N–H and O–H groups in total. The molecule has 1 saturated heterocycles. The molecule has 122 valence electrons. The molecule has 3 amide bonds. The lowest BCUT2D eigenvalue weighted by molar-refractivity contribution is -0.134. The Morgan fingerprint density at radius 3 is 2.83 bits per heavy atom. The number of hydrogen-bond donors (Lipinski definition) is 4. The Hall–Kier alpha value is -2.74. The number of imide groups is 1. The highest BCUT2D eigenvalue weighted by Gasteiger charge is 2.28. The zero-order chi connectivity index (χ0) is 16.8. The first-order valence-corrected chi connectivity index (χ1v) is 7.23. The third-order valence-corrected chi connectivity index (χ3v) is 3.44. The van der Waals surface area contributed by atoms with Gasteiger partial charge >= 0.3 is 0 Å². The van der Waals surface area contributed by atoms with Gasteiger partial charge in [0, 0.05) is 30.8 Å². The fourth-order valence-corrected chi connectivity index (χ4v) is 2.25. The average Bonchev–Trinajstić information content (AvgIpc) is 2.55. The highest BCUT2D eigenvalue weighted by atomic mass is 16.2. The summed E-state index contributed by atoms with van der Waals surface area (Å²) in [5, 5.41) is 7.73. The minimum Gasteiger partial charge on any atom is -0.384 e. The highest BCUT2D eigenvalue weighted by molar-refractivity contribution is 6.06. The summed E-state index contributed by atoms with van der Waals surface area (Å²) in [7, 11) is 0. The Balaban J connectivity index is 2.15. The molecule has 0 saturated carbocycles. The molecule has 0 spiro atoms. The maximum Gasteiger partial charge on any atom is 0.252 e. The minimum absolute atomic E-state index is 0.159. The number of benzene rings is 1. The van der Waals surface area contributed by atoms with Gasteiger partial charge in [0.1, 0.15) is 6.04 Å². The second-order valence-electron chi connectivity index (χ2n) is 5.11. The molecule has 1 aromatic rings. The number of carbonyl (C=O) groups excluding carboxylic acids is 4. The molecule has 0 radical (unpaired) electrons. The monoisotopic (exact) mass is 318 g/mol. The van der Waals surface area contributed by atoms with Crippen molar-refractivity contribution in [3.05, 3.63) is 29.3 Å². The molecule has 0 aliphatic carbocycles. The summed E-state index contributed by atoms with van der Waals surface area (Å²) in [6.07, 6.45) is 0.972. The summed E-state index contributed by atoms with van der Waals surface area (Å²) in [4.78, 5) is 46.3. The summed E-state index contributed by atoms with van der Waals surface area (Å²) in [5.74, 6) is -1.44. The van der Waals surface area contributed by atoms with Gasteiger partial charge in [0.05, 0.1) is 5.56 Å². The molecule has 23 heavy (non-hydrogen) atoms. The normalized spacial score (nSPS) is 17.3. The lowest BCUT2D eigenvalue weighted by Crippen LogP contribution is -2.52. The molecule has 0 bridgehead atoms. The predicted molar refractivity (Wildman–Crippen MR) is 83.0 cm³/mol. The van der Waals surface area contributed by atoms with E-state index < -0.39 is 17.9 Å². The molecule has 0 aromatic heterocycles. The Morgan fingerprint density at radius 2 is 2.17 bits per heavy atom. The van der Waals surface area contributed by atoms with Gasteiger partial charge in [0.15, 0.2) is 6.29 Å². The molecule has 8 nitrogen and oxygen atoms in total. The largest absolute Gasteiger partial charge is 0.384 e. The standard InChI is InChI=1S/C15H18N4O4/c16-5-6-17-10-2-1-9(8-20)11(7-10)14(22)18-12-3-4-13(21)19-15(12)23/h1-2,7-8,12,17H,3-6,16H2,(H,18,22)(H,19,21,23). The number of hydrogen-bond acceptors (Lipinski definition) is 6. The second-order valence-corrected chi connectivity index (χ2v) is 5.11. The van der Waals surface area contributed by atoms with E-state index in [-0.39, 0.29) is 29.9 Å². The summed E-state index contributed by atoms with van der Waals surface area (Å²) in [6, 6.07) is 3.92. The summed E-state index contributed by atoms with van der Waals surface area (Å²) >= 11 is 0. The maximum atomic E-state index is 12.4. The van der Waals surface area contributed by atoms with Crippen LogP contribution in [0, 0.1) is 0 Å². The molecule has 1 fully saturated rings. The fraction of sp³-hybridized carbons (Fsp3) is 0.333. The second kappa shape index (κ2) is 7.50. The van der Waals surface area contributed by atoms with Crippen LogP contribution in [-0.2, 0) is 9.59 Å². The van der Waals surface area contributed by atoms with Crippen molar-refractivity contribution in [3.8, 4) is 0 Å². The van der Waals surface area contributed by atoms with Crippen LogP contribution in [0.2, 0.25) is 0 Å². The molecule has 1 heterocycles. The lowest BCUT2D eigenvalue weighted by Gasteiger charge is -2.22. The first kappa shape index (κ1) is 16.6. The molecular weight excluding hydrogens is 300 g/mol. The van der Waals surface area contributed by atoms with Crippen molar-refractivity contribution in [1.82, 2.24) is 10.6 Å². The molecule has 8 heteroatoms. The van der Waals surface area contributed by atoms with Gasteiger partial charge in [0.25, 0.3) is 5.91 Å². The van der Waals surface area contributed by atoms with E-state index in [1.807, 2.05) is 0 Å². The number of piperidine rings is 1. The Morgan fingerprint density at radius 1 is 1.39 bits per heavy atom. The van der Waals surface area contributed by atoms with Crippen LogP contribution in [0.3, 0.4) is 0 Å². The van der Waals surface area contributed by atoms with Crippen molar-refractivity contribution in [3.63, 3.8) is 0 Å². The zero-order valence-electron chi connectivity index (χ0n) is 12.4. The summed E-state index contributed by atoms with van der Waals surface area (Å²) < 4.78 is 0. The third-order valence-electron chi connectivity index (χ3n) is 3.44. The first-order chi connectivity index (χ1) is 11.0. The number of aldehydes is 1. The molecule has 1 unspecified atom stereocenters. The van der Waals surface area contributed by atoms with Crippen LogP contribution in [0.4, 0.5) is 5.69 Å². The van der Waals surface area contributed by atoms with Crippen molar-refractivity contribution in [1.29, 1.82) is 0 Å². The van der Waals surface area contributed by atoms with Crippen LogP contribution < -0.4 is 21.7 Å². The number of nitrogens with two attached hydrogens (primary N) is 1. The smallest absolute Gasteiger partial charge is 0.252 e. The molecule has 1 aliphatic rings. The highest BCUT2D eigenvalue weighted by Crippen LogP contribution is 2.16. The van der Waals surface area contributed by atoms with E-state index in [1.54, 1.807) is 6.07 Å². The Kier molecular flexibility index (Phi) is 5.42. The SMILES string of the molecule is NCCNc1ccc(C=O)c(C(=O)NC2CCC(=O)NC2=O)c1. The molecule has 1 aromatic carbocycles. The number of nitrogens with one attached hydrogen (secondary N) is 3. The van der Waals surface area contributed by atoms with Crippen LogP contribution in [-0.4, -0.2) is 43.1 Å². The quantitative estimate of drug-likeness (QED) is 0.409. The topological polar surface area (TPSA) is 130 Å². The van der Waals surface area contributed by atoms with Gasteiger partial charge in [-0.2, -0.15) is 0 Å². The van der Waals surface area contributed by atoms with Crippen molar-refractivity contribution in [2.45, 2.75) is 18.9 Å². The summed E-state index contributed by atoms with van der Waals surface area (Å²) in [5.41, 5.74) is 6.43. The molecular formula is C15H18N4O4. The van der Waals surface area contributed by atoms with Gasteiger partial charge in [-0.1, -0.05) is 0 Å². The van der Waals surface area contributed by atoms with Gasteiger partial charge in [-0.3, -0.25) is 24.5 Å². The van der Waals surface area contributed by atoms with Gasteiger partial charge in [-0.25, -0.2) is 0 Å². The van der Waals surface area contributed by atoms with E-state index in [4.69, 9.17) is 5.73 Å². The van der Waals surface area contributed by atoms with Gasteiger partial charge in [-0.05, 0) is 24.6 Å². The first-order valence-electron chi connectivity index (χ1n) is 7.23. The van der Waals surface area contributed by atoms with Crippen LogP contribution in [0.15, 0.2) is 18.2 Å². The third kappa shape index (κ3) is 4.13. The van der Waals surface area contributed by atoms with Crippen LogP contribution in [0.25, 0.3) is 0 Å². The number of amides is 3. The van der Waals surface area contributed by atoms with Crippen LogP contribution in [0.1, 0.15) is 33.6 Å². The number of rotatable bonds is 6. The molecule has 2 rings (SSSR count). The van der Waals surface area contributed by atoms with E-state index in [0.29, 0.717) is 25.1 Å². The zero-order valence-corrected chi connectivity index (χ0v) is 12.4.